The Balaban J connectivity index is 2.00. The quantitative estimate of drug-likeness (QED) is 0.567. The number of amides is 1. The van der Waals surface area contributed by atoms with Crippen molar-refractivity contribution in [3.63, 3.8) is 0 Å². The first-order chi connectivity index (χ1) is 14.0. The van der Waals surface area contributed by atoms with Crippen LogP contribution in [0.25, 0.3) is 5.69 Å². The lowest BCUT2D eigenvalue weighted by Crippen LogP contribution is -2.29. The summed E-state index contributed by atoms with van der Waals surface area (Å²) in [5.41, 5.74) is -3.17. The van der Waals surface area contributed by atoms with Gasteiger partial charge in [0.1, 0.15) is 0 Å². The normalized spacial score (nSPS) is 13.2. The third-order valence-corrected chi connectivity index (χ3v) is 4.35. The summed E-state index contributed by atoms with van der Waals surface area (Å²) in [4.78, 5) is 12.5. The van der Waals surface area contributed by atoms with Crippen LogP contribution >= 0.6 is 0 Å². The lowest BCUT2D eigenvalue weighted by atomic mass is 10.1. The molecular formula is C20H15F6N3O. The zero-order valence-electron chi connectivity index (χ0n) is 15.4. The summed E-state index contributed by atoms with van der Waals surface area (Å²) in [6.45, 7) is 1.59. The molecule has 3 rings (SSSR count). The molecule has 158 valence electrons. The van der Waals surface area contributed by atoms with Crippen LogP contribution in [0, 0.1) is 0 Å². The van der Waals surface area contributed by atoms with E-state index in [1.165, 1.54) is 0 Å². The number of rotatable bonds is 4. The fourth-order valence-corrected chi connectivity index (χ4v) is 2.90. The number of alkyl halides is 6. The predicted octanol–water partition coefficient (Wildman–Crippen LogP) is 5.40. The molecule has 0 spiro atoms. The summed E-state index contributed by atoms with van der Waals surface area (Å²) in [5, 5.41) is 6.00. The number of carbonyl (C=O) groups excluding carboxylic acids is 1. The van der Waals surface area contributed by atoms with Crippen molar-refractivity contribution >= 4 is 5.91 Å². The molecule has 1 atom stereocenters. The molecule has 1 amide bonds. The summed E-state index contributed by atoms with van der Waals surface area (Å²) in [5.74, 6) is -1.04. The highest BCUT2D eigenvalue weighted by Crippen LogP contribution is 2.35. The van der Waals surface area contributed by atoms with Crippen LogP contribution in [-0.4, -0.2) is 15.7 Å². The van der Waals surface area contributed by atoms with Crippen molar-refractivity contribution in [1.82, 2.24) is 15.1 Å². The van der Waals surface area contributed by atoms with Gasteiger partial charge in [-0.25, -0.2) is 4.68 Å². The second kappa shape index (κ2) is 7.85. The highest BCUT2D eigenvalue weighted by molar-refractivity contribution is 5.95. The zero-order chi connectivity index (χ0) is 22.1. The van der Waals surface area contributed by atoms with Crippen molar-refractivity contribution in [1.29, 1.82) is 0 Å². The first-order valence-corrected chi connectivity index (χ1v) is 8.67. The van der Waals surface area contributed by atoms with E-state index in [9.17, 15) is 31.1 Å². The Morgan fingerprint density at radius 2 is 1.63 bits per heavy atom. The average molecular weight is 427 g/mol. The molecule has 4 nitrogen and oxygen atoms in total. The van der Waals surface area contributed by atoms with Gasteiger partial charge in [0.25, 0.3) is 5.91 Å². The molecular weight excluding hydrogens is 412 g/mol. The van der Waals surface area contributed by atoms with Gasteiger partial charge >= 0.3 is 12.4 Å². The fraction of sp³-hybridized carbons (Fsp3) is 0.200. The first-order valence-electron chi connectivity index (χ1n) is 8.67. The molecule has 0 aliphatic carbocycles. The fourth-order valence-electron chi connectivity index (χ4n) is 2.90. The van der Waals surface area contributed by atoms with Gasteiger partial charge in [0.2, 0.25) is 0 Å². The Kier molecular flexibility index (Phi) is 5.60. The monoisotopic (exact) mass is 427 g/mol. The van der Waals surface area contributed by atoms with Crippen molar-refractivity contribution in [2.24, 2.45) is 0 Å². The maximum absolute atomic E-state index is 13.7. The van der Waals surface area contributed by atoms with E-state index >= 15 is 0 Å². The first kappa shape index (κ1) is 21.4. The molecule has 0 saturated carbocycles. The van der Waals surface area contributed by atoms with Gasteiger partial charge in [-0.05, 0) is 30.7 Å². The van der Waals surface area contributed by atoms with Gasteiger partial charge < -0.3 is 5.32 Å². The number of hydrogen-bond acceptors (Lipinski definition) is 2. The minimum atomic E-state index is -5.03. The van der Waals surface area contributed by atoms with Crippen LogP contribution in [0.15, 0.2) is 60.8 Å². The Labute approximate surface area is 167 Å². The third-order valence-electron chi connectivity index (χ3n) is 4.35. The van der Waals surface area contributed by atoms with Crippen molar-refractivity contribution < 1.29 is 31.1 Å². The van der Waals surface area contributed by atoms with Gasteiger partial charge in [0.05, 0.1) is 29.1 Å². The van der Waals surface area contributed by atoms with Crippen molar-refractivity contribution in [2.75, 3.05) is 0 Å². The van der Waals surface area contributed by atoms with Crippen LogP contribution in [0.4, 0.5) is 26.3 Å². The molecule has 1 heterocycles. The molecule has 1 aromatic heterocycles. The number of carbonyl (C=O) groups is 1. The van der Waals surface area contributed by atoms with Gasteiger partial charge in [-0.2, -0.15) is 31.4 Å². The van der Waals surface area contributed by atoms with Gasteiger partial charge in [0.15, 0.2) is 5.69 Å². The minimum absolute atomic E-state index is 0.289. The van der Waals surface area contributed by atoms with Crippen LogP contribution in [0.2, 0.25) is 0 Å². The number of hydrogen-bond donors (Lipinski definition) is 1. The molecule has 0 aliphatic rings. The molecule has 30 heavy (non-hydrogen) atoms. The molecule has 0 saturated heterocycles. The largest absolute Gasteiger partial charge is 0.434 e. The standard InChI is InChI=1S/C20H15F6N3O/c1-12(13-6-3-2-4-7-13)28-18(30)16-11-27-29(17(16)20(24,25)26)15-9-5-8-14(10-15)19(21,22)23/h2-12H,1H3,(H,28,30)/t12-/m1/s1. The van der Waals surface area contributed by atoms with Gasteiger partial charge in [-0.15, -0.1) is 0 Å². The van der Waals surface area contributed by atoms with Gasteiger partial charge in [0, 0.05) is 0 Å². The Morgan fingerprint density at radius 1 is 0.967 bits per heavy atom. The molecule has 0 fully saturated rings. The molecule has 0 radical (unpaired) electrons. The number of aromatic nitrogens is 2. The van der Waals surface area contributed by atoms with E-state index in [1.54, 1.807) is 37.3 Å². The number of nitrogens with zero attached hydrogens (tertiary/aromatic N) is 2. The molecule has 1 N–H and O–H groups in total. The van der Waals surface area contributed by atoms with Crippen molar-refractivity contribution in [3.05, 3.63) is 83.2 Å². The lowest BCUT2D eigenvalue weighted by molar-refractivity contribution is -0.143. The molecule has 2 aromatic carbocycles. The summed E-state index contributed by atoms with van der Waals surface area (Å²) < 4.78 is 80.3. The van der Waals surface area contributed by atoms with E-state index in [1.807, 2.05) is 0 Å². The van der Waals surface area contributed by atoms with Crippen LogP contribution in [-0.2, 0) is 12.4 Å². The molecule has 0 unspecified atom stereocenters. The molecule has 10 heteroatoms. The Morgan fingerprint density at radius 3 is 2.23 bits per heavy atom. The van der Waals surface area contributed by atoms with Gasteiger partial charge in [-0.1, -0.05) is 36.4 Å². The maximum atomic E-state index is 13.7. The summed E-state index contributed by atoms with van der Waals surface area (Å²) in [7, 11) is 0. The third kappa shape index (κ3) is 4.47. The molecule has 0 bridgehead atoms. The number of benzene rings is 2. The van der Waals surface area contributed by atoms with E-state index in [-0.39, 0.29) is 4.68 Å². The Bertz CT molecular complexity index is 1040. The zero-order valence-corrected chi connectivity index (χ0v) is 15.4. The SMILES string of the molecule is C[C@@H](NC(=O)c1cnn(-c2cccc(C(F)(F)F)c2)c1C(F)(F)F)c1ccccc1. The lowest BCUT2D eigenvalue weighted by Gasteiger charge is -2.16. The molecule has 0 aliphatic heterocycles. The second-order valence-electron chi connectivity index (χ2n) is 6.47. The van der Waals surface area contributed by atoms with Crippen molar-refractivity contribution in [3.8, 4) is 5.69 Å². The minimum Gasteiger partial charge on any atom is -0.345 e. The number of nitrogens with one attached hydrogen (secondary N) is 1. The summed E-state index contributed by atoms with van der Waals surface area (Å²) in [6, 6.07) is 11.3. The average Bonchev–Trinajstić information content (AvgIpc) is 3.14. The highest BCUT2D eigenvalue weighted by atomic mass is 19.4. The van der Waals surface area contributed by atoms with Gasteiger partial charge in [-0.3, -0.25) is 4.79 Å². The van der Waals surface area contributed by atoms with Crippen LogP contribution in [0.1, 0.15) is 40.1 Å². The van der Waals surface area contributed by atoms with Crippen molar-refractivity contribution in [2.45, 2.75) is 25.3 Å². The predicted molar refractivity (Wildman–Crippen MR) is 95.9 cm³/mol. The summed E-state index contributed by atoms with van der Waals surface area (Å²) >= 11 is 0. The summed E-state index contributed by atoms with van der Waals surface area (Å²) in [6.07, 6.45) is -9.09. The number of halogens is 6. The Hall–Kier alpha value is -3.30. The highest BCUT2D eigenvalue weighted by Gasteiger charge is 2.41. The smallest absolute Gasteiger partial charge is 0.345 e. The molecule has 3 aromatic rings. The maximum Gasteiger partial charge on any atom is 0.434 e. The second-order valence-corrected chi connectivity index (χ2v) is 6.47. The van der Waals surface area contributed by atoms with Crippen LogP contribution in [0.5, 0.6) is 0 Å². The van der Waals surface area contributed by atoms with Crippen LogP contribution < -0.4 is 5.32 Å². The van der Waals surface area contributed by atoms with E-state index in [2.05, 4.69) is 10.4 Å². The topological polar surface area (TPSA) is 46.9 Å². The van der Waals surface area contributed by atoms with Crippen LogP contribution in [0.3, 0.4) is 0 Å². The van der Waals surface area contributed by atoms with E-state index in [4.69, 9.17) is 0 Å². The van der Waals surface area contributed by atoms with E-state index < -0.39 is 46.8 Å². The van der Waals surface area contributed by atoms with E-state index in [0.717, 1.165) is 18.2 Å². The van der Waals surface area contributed by atoms with E-state index in [0.29, 0.717) is 17.8 Å².